The smallest absolute Gasteiger partial charge is 0.180 e. The van der Waals surface area contributed by atoms with Gasteiger partial charge in [-0.05, 0) is 20.0 Å². The number of aromatic nitrogens is 2. The van der Waals surface area contributed by atoms with Crippen molar-refractivity contribution < 1.29 is 4.79 Å². The minimum absolute atomic E-state index is 0.0474. The van der Waals surface area contributed by atoms with E-state index < -0.39 is 0 Å². The molecule has 3 rings (SSSR count). The fraction of sp³-hybridized carbons (Fsp3) is 0.375. The third kappa shape index (κ3) is 2.27. The number of carbonyl (C=O) groups is 1. The molecule has 1 aromatic carbocycles. The van der Waals surface area contributed by atoms with E-state index in [-0.39, 0.29) is 5.78 Å². The van der Waals surface area contributed by atoms with E-state index in [1.165, 1.54) is 0 Å². The number of ketones is 1. The Bertz CT molecular complexity index is 631. The SMILES string of the molecule is CC(=O)c1nc(-c2ccccc2)n2c1CN(C)CCC2. The lowest BCUT2D eigenvalue weighted by molar-refractivity contribution is 0.101. The molecule has 0 spiro atoms. The van der Waals surface area contributed by atoms with Crippen molar-refractivity contribution in [3.8, 4) is 11.4 Å². The topological polar surface area (TPSA) is 38.1 Å². The number of imidazole rings is 1. The molecule has 0 N–H and O–H groups in total. The Hall–Kier alpha value is -1.94. The molecular weight excluding hydrogens is 250 g/mol. The number of Topliss-reactive ketones (excluding diaryl/α,β-unsaturated/α-hetero) is 1. The van der Waals surface area contributed by atoms with Crippen molar-refractivity contribution in [1.82, 2.24) is 14.5 Å². The lowest BCUT2D eigenvalue weighted by Crippen LogP contribution is -2.18. The summed E-state index contributed by atoms with van der Waals surface area (Å²) in [6.45, 7) is 4.36. The maximum absolute atomic E-state index is 11.9. The molecule has 20 heavy (non-hydrogen) atoms. The van der Waals surface area contributed by atoms with Crippen molar-refractivity contribution in [2.45, 2.75) is 26.4 Å². The van der Waals surface area contributed by atoms with Crippen LogP contribution >= 0.6 is 0 Å². The number of benzene rings is 1. The molecule has 0 amide bonds. The number of hydrogen-bond donors (Lipinski definition) is 0. The molecule has 1 aliphatic rings. The van der Waals surface area contributed by atoms with Crippen molar-refractivity contribution in [1.29, 1.82) is 0 Å². The number of nitrogens with zero attached hydrogens (tertiary/aromatic N) is 3. The summed E-state index contributed by atoms with van der Waals surface area (Å²) < 4.78 is 2.22. The van der Waals surface area contributed by atoms with Crippen LogP contribution in [0.3, 0.4) is 0 Å². The van der Waals surface area contributed by atoms with Gasteiger partial charge in [-0.15, -0.1) is 0 Å². The first-order valence-electron chi connectivity index (χ1n) is 7.01. The van der Waals surface area contributed by atoms with Crippen molar-refractivity contribution >= 4 is 5.78 Å². The molecule has 0 bridgehead atoms. The molecule has 2 aromatic rings. The van der Waals surface area contributed by atoms with Crippen LogP contribution < -0.4 is 0 Å². The number of hydrogen-bond acceptors (Lipinski definition) is 3. The first kappa shape index (κ1) is 13.1. The zero-order chi connectivity index (χ0) is 14.1. The van der Waals surface area contributed by atoms with Gasteiger partial charge in [0.1, 0.15) is 11.5 Å². The van der Waals surface area contributed by atoms with Gasteiger partial charge < -0.3 is 9.47 Å². The molecule has 1 aliphatic heterocycles. The second kappa shape index (κ2) is 5.21. The summed E-state index contributed by atoms with van der Waals surface area (Å²) in [6.07, 6.45) is 1.08. The molecule has 1 aromatic heterocycles. The first-order chi connectivity index (χ1) is 9.66. The van der Waals surface area contributed by atoms with Crippen molar-refractivity contribution in [3.63, 3.8) is 0 Å². The number of carbonyl (C=O) groups excluding carboxylic acids is 1. The van der Waals surface area contributed by atoms with Crippen LogP contribution in [-0.4, -0.2) is 33.8 Å². The van der Waals surface area contributed by atoms with Crippen LogP contribution in [0.2, 0.25) is 0 Å². The third-order valence-electron chi connectivity index (χ3n) is 3.78. The average Bonchev–Trinajstić information content (AvgIpc) is 2.68. The number of fused-ring (bicyclic) bond motifs is 1. The second-order valence-electron chi connectivity index (χ2n) is 5.40. The predicted octanol–water partition coefficient (Wildman–Crippen LogP) is 2.59. The molecule has 0 saturated carbocycles. The van der Waals surface area contributed by atoms with Crippen molar-refractivity contribution in [2.24, 2.45) is 0 Å². The first-order valence-corrected chi connectivity index (χ1v) is 7.01. The summed E-state index contributed by atoms with van der Waals surface area (Å²) in [5.41, 5.74) is 2.75. The summed E-state index contributed by atoms with van der Waals surface area (Å²) in [4.78, 5) is 18.8. The summed E-state index contributed by atoms with van der Waals surface area (Å²) >= 11 is 0. The van der Waals surface area contributed by atoms with Gasteiger partial charge in [-0.2, -0.15) is 0 Å². The van der Waals surface area contributed by atoms with E-state index in [1.807, 2.05) is 30.3 Å². The summed E-state index contributed by atoms with van der Waals surface area (Å²) in [6, 6.07) is 10.1. The average molecular weight is 269 g/mol. The third-order valence-corrected chi connectivity index (χ3v) is 3.78. The van der Waals surface area contributed by atoms with Crippen LogP contribution in [0.4, 0.5) is 0 Å². The summed E-state index contributed by atoms with van der Waals surface area (Å²) in [5.74, 6) is 0.965. The molecule has 0 aliphatic carbocycles. The Morgan fingerprint density at radius 3 is 2.65 bits per heavy atom. The van der Waals surface area contributed by atoms with E-state index >= 15 is 0 Å². The minimum Gasteiger partial charge on any atom is -0.326 e. The van der Waals surface area contributed by atoms with Gasteiger partial charge in [0.05, 0.1) is 5.69 Å². The molecule has 0 radical (unpaired) electrons. The van der Waals surface area contributed by atoms with Crippen LogP contribution in [0, 0.1) is 0 Å². The standard InChI is InChI=1S/C16H19N3O/c1-12(20)15-14-11-18(2)9-6-10-19(14)16(17-15)13-7-4-3-5-8-13/h3-5,7-8H,6,9-11H2,1-2H3. The molecule has 0 unspecified atom stereocenters. The second-order valence-corrected chi connectivity index (χ2v) is 5.40. The van der Waals surface area contributed by atoms with Crippen LogP contribution in [0.25, 0.3) is 11.4 Å². The van der Waals surface area contributed by atoms with Crippen LogP contribution in [0.1, 0.15) is 29.5 Å². The van der Waals surface area contributed by atoms with E-state index in [1.54, 1.807) is 6.92 Å². The maximum Gasteiger partial charge on any atom is 0.180 e. The normalized spacial score (nSPS) is 15.7. The molecule has 0 atom stereocenters. The van der Waals surface area contributed by atoms with Gasteiger partial charge in [-0.25, -0.2) is 4.98 Å². The van der Waals surface area contributed by atoms with Gasteiger partial charge in [0.2, 0.25) is 0 Å². The monoisotopic (exact) mass is 269 g/mol. The van der Waals surface area contributed by atoms with Gasteiger partial charge in [0.15, 0.2) is 5.78 Å². The fourth-order valence-electron chi connectivity index (χ4n) is 2.81. The zero-order valence-corrected chi connectivity index (χ0v) is 12.0. The fourth-order valence-corrected chi connectivity index (χ4v) is 2.81. The van der Waals surface area contributed by atoms with Crippen LogP contribution in [0.5, 0.6) is 0 Å². The highest BCUT2D eigenvalue weighted by Gasteiger charge is 2.23. The highest BCUT2D eigenvalue weighted by molar-refractivity contribution is 5.94. The highest BCUT2D eigenvalue weighted by Crippen LogP contribution is 2.26. The summed E-state index contributed by atoms with van der Waals surface area (Å²) in [5, 5.41) is 0. The van der Waals surface area contributed by atoms with Crippen molar-refractivity contribution in [2.75, 3.05) is 13.6 Å². The van der Waals surface area contributed by atoms with Crippen molar-refractivity contribution in [3.05, 3.63) is 41.7 Å². The van der Waals surface area contributed by atoms with Crippen LogP contribution in [-0.2, 0) is 13.1 Å². The van der Waals surface area contributed by atoms with E-state index in [0.29, 0.717) is 5.69 Å². The Morgan fingerprint density at radius 1 is 1.20 bits per heavy atom. The maximum atomic E-state index is 11.9. The van der Waals surface area contributed by atoms with E-state index in [2.05, 4.69) is 21.5 Å². The Kier molecular flexibility index (Phi) is 3.40. The largest absolute Gasteiger partial charge is 0.326 e. The van der Waals surface area contributed by atoms with Gasteiger partial charge in [0.25, 0.3) is 0 Å². The predicted molar refractivity (Wildman–Crippen MR) is 78.6 cm³/mol. The molecule has 4 heteroatoms. The number of rotatable bonds is 2. The molecule has 0 fully saturated rings. The minimum atomic E-state index is 0.0474. The highest BCUT2D eigenvalue weighted by atomic mass is 16.1. The van der Waals surface area contributed by atoms with Gasteiger partial charge in [-0.1, -0.05) is 30.3 Å². The van der Waals surface area contributed by atoms with Gasteiger partial charge in [0, 0.05) is 25.6 Å². The Balaban J connectivity index is 2.17. The quantitative estimate of drug-likeness (QED) is 0.786. The molecule has 104 valence electrons. The lowest BCUT2D eigenvalue weighted by Gasteiger charge is -2.12. The van der Waals surface area contributed by atoms with Gasteiger partial charge in [-0.3, -0.25) is 4.79 Å². The Labute approximate surface area is 119 Å². The Morgan fingerprint density at radius 2 is 1.95 bits per heavy atom. The lowest BCUT2D eigenvalue weighted by atomic mass is 10.2. The van der Waals surface area contributed by atoms with Gasteiger partial charge >= 0.3 is 0 Å². The van der Waals surface area contributed by atoms with E-state index in [4.69, 9.17) is 0 Å². The summed E-state index contributed by atoms with van der Waals surface area (Å²) in [7, 11) is 2.09. The molecular formula is C16H19N3O. The molecule has 0 saturated heterocycles. The van der Waals surface area contributed by atoms with E-state index in [9.17, 15) is 4.79 Å². The van der Waals surface area contributed by atoms with E-state index in [0.717, 1.165) is 43.1 Å². The zero-order valence-electron chi connectivity index (χ0n) is 12.0. The molecule has 2 heterocycles. The van der Waals surface area contributed by atoms with Crippen LogP contribution in [0.15, 0.2) is 30.3 Å². The molecule has 4 nitrogen and oxygen atoms in total.